The second-order valence-electron chi connectivity index (χ2n) is 5.78. The number of nitrogens with one attached hydrogen (secondary N) is 1. The largest absolute Gasteiger partial charge is 0.493 e. The van der Waals surface area contributed by atoms with E-state index in [4.69, 9.17) is 16.3 Å². The van der Waals surface area contributed by atoms with Gasteiger partial charge in [-0.05, 0) is 68.3 Å². The molecular weight excluding hydrogens is 258 g/mol. The molecule has 104 valence electrons. The maximum absolute atomic E-state index is 6.19. The van der Waals surface area contributed by atoms with Crippen molar-refractivity contribution in [1.29, 1.82) is 0 Å². The lowest BCUT2D eigenvalue weighted by Crippen LogP contribution is -2.27. The molecule has 1 aromatic carbocycles. The first kappa shape index (κ1) is 13.3. The summed E-state index contributed by atoms with van der Waals surface area (Å²) in [5, 5.41) is 4.31. The van der Waals surface area contributed by atoms with Crippen LogP contribution >= 0.6 is 11.6 Å². The number of hydrogen-bond donors (Lipinski definition) is 1. The van der Waals surface area contributed by atoms with Crippen molar-refractivity contribution < 1.29 is 4.74 Å². The number of halogens is 1. The number of benzene rings is 1. The van der Waals surface area contributed by atoms with Gasteiger partial charge in [0.2, 0.25) is 0 Å². The third-order valence-electron chi connectivity index (χ3n) is 4.35. The van der Waals surface area contributed by atoms with Crippen LogP contribution in [-0.4, -0.2) is 19.7 Å². The van der Waals surface area contributed by atoms with Gasteiger partial charge >= 0.3 is 0 Å². The fourth-order valence-electron chi connectivity index (χ4n) is 3.16. The van der Waals surface area contributed by atoms with E-state index in [-0.39, 0.29) is 0 Å². The zero-order valence-corrected chi connectivity index (χ0v) is 12.3. The van der Waals surface area contributed by atoms with Crippen molar-refractivity contribution in [2.45, 2.75) is 44.6 Å². The topological polar surface area (TPSA) is 21.3 Å². The zero-order valence-electron chi connectivity index (χ0n) is 11.5. The molecule has 3 rings (SSSR count). The van der Waals surface area contributed by atoms with Gasteiger partial charge in [-0.25, -0.2) is 0 Å². The van der Waals surface area contributed by atoms with Crippen LogP contribution < -0.4 is 10.1 Å². The van der Waals surface area contributed by atoms with Gasteiger partial charge in [0.15, 0.2) is 0 Å². The first-order valence-corrected chi connectivity index (χ1v) is 7.77. The van der Waals surface area contributed by atoms with Crippen LogP contribution in [0, 0.1) is 5.92 Å². The Kier molecular flexibility index (Phi) is 3.99. The van der Waals surface area contributed by atoms with Crippen LogP contribution in [-0.2, 0) is 12.8 Å². The van der Waals surface area contributed by atoms with E-state index in [1.54, 1.807) is 0 Å². The van der Waals surface area contributed by atoms with Gasteiger partial charge < -0.3 is 10.1 Å². The van der Waals surface area contributed by atoms with E-state index in [0.29, 0.717) is 6.04 Å². The number of rotatable bonds is 6. The third kappa shape index (κ3) is 3.06. The molecule has 1 aromatic rings. The molecule has 1 aliphatic carbocycles. The highest BCUT2D eigenvalue weighted by atomic mass is 35.5. The number of hydrogen-bond acceptors (Lipinski definition) is 2. The fourth-order valence-corrected chi connectivity index (χ4v) is 3.42. The molecule has 1 atom stereocenters. The number of fused-ring (bicyclic) bond motifs is 1. The van der Waals surface area contributed by atoms with Gasteiger partial charge in [-0.2, -0.15) is 0 Å². The number of aryl methyl sites for hydroxylation is 1. The molecule has 0 amide bonds. The van der Waals surface area contributed by atoms with Crippen molar-refractivity contribution in [3.8, 4) is 5.75 Å². The Morgan fingerprint density at radius 3 is 3.00 bits per heavy atom. The monoisotopic (exact) mass is 279 g/mol. The van der Waals surface area contributed by atoms with Gasteiger partial charge in [0, 0.05) is 17.5 Å². The van der Waals surface area contributed by atoms with Crippen LogP contribution in [0.3, 0.4) is 0 Å². The van der Waals surface area contributed by atoms with Crippen LogP contribution in [0.1, 0.15) is 36.8 Å². The molecule has 0 bridgehead atoms. The summed E-state index contributed by atoms with van der Waals surface area (Å²) in [6.45, 7) is 0.809. The summed E-state index contributed by atoms with van der Waals surface area (Å²) >= 11 is 6.19. The van der Waals surface area contributed by atoms with Crippen LogP contribution in [0.5, 0.6) is 5.75 Å². The van der Waals surface area contributed by atoms with E-state index >= 15 is 0 Å². The Morgan fingerprint density at radius 2 is 2.26 bits per heavy atom. The van der Waals surface area contributed by atoms with Crippen LogP contribution in [0.2, 0.25) is 5.02 Å². The molecule has 1 saturated carbocycles. The quantitative estimate of drug-likeness (QED) is 0.859. The molecule has 0 spiro atoms. The highest BCUT2D eigenvalue weighted by Gasteiger charge is 2.29. The second-order valence-corrected chi connectivity index (χ2v) is 6.21. The van der Waals surface area contributed by atoms with E-state index in [1.165, 1.54) is 36.8 Å². The van der Waals surface area contributed by atoms with E-state index < -0.39 is 0 Å². The molecule has 2 aliphatic rings. The zero-order chi connectivity index (χ0) is 13.2. The maximum atomic E-state index is 6.19. The second kappa shape index (κ2) is 5.72. The maximum Gasteiger partial charge on any atom is 0.125 e. The van der Waals surface area contributed by atoms with Crippen molar-refractivity contribution in [2.24, 2.45) is 5.92 Å². The highest BCUT2D eigenvalue weighted by Crippen LogP contribution is 2.36. The Bertz CT molecular complexity index is 456. The molecule has 19 heavy (non-hydrogen) atoms. The molecule has 1 unspecified atom stereocenters. The molecule has 2 nitrogen and oxygen atoms in total. The first-order valence-electron chi connectivity index (χ1n) is 7.39. The molecule has 1 heterocycles. The molecular formula is C16H22ClNO. The summed E-state index contributed by atoms with van der Waals surface area (Å²) < 4.78 is 5.75. The summed E-state index contributed by atoms with van der Waals surface area (Å²) in [4.78, 5) is 0. The van der Waals surface area contributed by atoms with E-state index in [2.05, 4.69) is 18.4 Å². The standard InChI is InChI=1S/C16H22ClNO/c1-18-15(11-5-6-11)4-2-3-12-9-14(17)10-13-7-8-19-16(12)13/h9-11,15,18H,2-8H2,1H3. The molecule has 0 radical (unpaired) electrons. The van der Waals surface area contributed by atoms with Gasteiger partial charge in [-0.3, -0.25) is 0 Å². The van der Waals surface area contributed by atoms with E-state index in [9.17, 15) is 0 Å². The Morgan fingerprint density at radius 1 is 1.42 bits per heavy atom. The van der Waals surface area contributed by atoms with Gasteiger partial charge in [-0.1, -0.05) is 11.6 Å². The van der Waals surface area contributed by atoms with Gasteiger partial charge in [0.25, 0.3) is 0 Å². The summed E-state index contributed by atoms with van der Waals surface area (Å²) in [7, 11) is 2.09. The SMILES string of the molecule is CNC(CCCc1cc(Cl)cc2c1OCC2)C1CC1. The molecule has 1 fully saturated rings. The van der Waals surface area contributed by atoms with Crippen LogP contribution in [0.25, 0.3) is 0 Å². The predicted octanol–water partition coefficient (Wildman–Crippen LogP) is 3.60. The summed E-state index contributed by atoms with van der Waals surface area (Å²) in [5.74, 6) is 2.03. The first-order chi connectivity index (χ1) is 9.28. The normalized spacial score (nSPS) is 19.1. The Hall–Kier alpha value is -0.730. The average Bonchev–Trinajstić information content (AvgIpc) is 3.12. The molecule has 0 saturated heterocycles. The minimum atomic E-state index is 0.702. The van der Waals surface area contributed by atoms with Gasteiger partial charge in [0.1, 0.15) is 5.75 Å². The number of ether oxygens (including phenoxy) is 1. The average molecular weight is 280 g/mol. The van der Waals surface area contributed by atoms with E-state index in [0.717, 1.165) is 36.1 Å². The van der Waals surface area contributed by atoms with Crippen molar-refractivity contribution in [3.63, 3.8) is 0 Å². The molecule has 1 N–H and O–H groups in total. The van der Waals surface area contributed by atoms with Crippen molar-refractivity contribution in [1.82, 2.24) is 5.32 Å². The van der Waals surface area contributed by atoms with Crippen LogP contribution in [0.15, 0.2) is 12.1 Å². The third-order valence-corrected chi connectivity index (χ3v) is 4.57. The highest BCUT2D eigenvalue weighted by molar-refractivity contribution is 6.30. The summed E-state index contributed by atoms with van der Waals surface area (Å²) in [6.07, 6.45) is 7.35. The molecule has 0 aromatic heterocycles. The predicted molar refractivity (Wildman–Crippen MR) is 79.2 cm³/mol. The fraction of sp³-hybridized carbons (Fsp3) is 0.625. The molecule has 1 aliphatic heterocycles. The summed E-state index contributed by atoms with van der Waals surface area (Å²) in [6, 6.07) is 4.83. The van der Waals surface area contributed by atoms with Crippen molar-refractivity contribution in [3.05, 3.63) is 28.3 Å². The van der Waals surface area contributed by atoms with Crippen LogP contribution in [0.4, 0.5) is 0 Å². The smallest absolute Gasteiger partial charge is 0.125 e. The lowest BCUT2D eigenvalue weighted by molar-refractivity contribution is 0.352. The minimum absolute atomic E-state index is 0.702. The van der Waals surface area contributed by atoms with Crippen molar-refractivity contribution in [2.75, 3.05) is 13.7 Å². The molecule has 3 heteroatoms. The van der Waals surface area contributed by atoms with Crippen molar-refractivity contribution >= 4 is 11.6 Å². The lowest BCUT2D eigenvalue weighted by atomic mass is 9.99. The minimum Gasteiger partial charge on any atom is -0.493 e. The summed E-state index contributed by atoms with van der Waals surface area (Å²) in [5.41, 5.74) is 2.58. The Balaban J connectivity index is 1.60. The van der Waals surface area contributed by atoms with E-state index in [1.807, 2.05) is 6.07 Å². The van der Waals surface area contributed by atoms with Gasteiger partial charge in [0.05, 0.1) is 6.61 Å². The Labute approximate surface area is 120 Å². The van der Waals surface area contributed by atoms with Gasteiger partial charge in [-0.15, -0.1) is 0 Å². The lowest BCUT2D eigenvalue weighted by Gasteiger charge is -2.15.